The van der Waals surface area contributed by atoms with Crippen LogP contribution in [0.1, 0.15) is 24.1 Å². The molecule has 2 aliphatic carbocycles. The van der Waals surface area contributed by atoms with E-state index in [1.165, 1.54) is 44.1 Å². The van der Waals surface area contributed by atoms with Gasteiger partial charge in [0, 0.05) is 22.2 Å². The fourth-order valence-corrected chi connectivity index (χ4v) is 3.72. The first kappa shape index (κ1) is 12.7. The number of rotatable bonds is 0. The topological polar surface area (TPSA) is 15.8 Å². The number of H-pyrrole nitrogens is 1. The molecule has 0 fully saturated rings. The van der Waals surface area contributed by atoms with Crippen LogP contribution in [0.2, 0.25) is 0 Å². The molecular formula is C22H17N. The lowest BCUT2D eigenvalue weighted by atomic mass is 10.00. The third-order valence-corrected chi connectivity index (χ3v) is 4.76. The van der Waals surface area contributed by atoms with Gasteiger partial charge < -0.3 is 4.98 Å². The lowest BCUT2D eigenvalue weighted by Crippen LogP contribution is -1.84. The second-order valence-electron chi connectivity index (χ2n) is 6.32. The van der Waals surface area contributed by atoms with Gasteiger partial charge in [0.15, 0.2) is 0 Å². The molecule has 2 aliphatic rings. The van der Waals surface area contributed by atoms with Gasteiger partial charge in [0.25, 0.3) is 0 Å². The van der Waals surface area contributed by atoms with Gasteiger partial charge >= 0.3 is 0 Å². The van der Waals surface area contributed by atoms with Gasteiger partial charge in [-0.25, -0.2) is 0 Å². The Kier molecular flexibility index (Phi) is 2.68. The Hall–Kier alpha value is -2.80. The van der Waals surface area contributed by atoms with Crippen molar-refractivity contribution in [1.82, 2.24) is 4.98 Å². The maximum Gasteiger partial charge on any atom is 0.0471 e. The molecule has 0 aliphatic heterocycles. The molecule has 0 saturated heterocycles. The molecule has 1 heteroatoms. The van der Waals surface area contributed by atoms with Gasteiger partial charge in [-0.1, -0.05) is 54.6 Å². The molecule has 1 N–H and O–H groups in total. The summed E-state index contributed by atoms with van der Waals surface area (Å²) < 4.78 is 0. The van der Waals surface area contributed by atoms with E-state index >= 15 is 0 Å². The van der Waals surface area contributed by atoms with E-state index in [0.29, 0.717) is 0 Å². The van der Waals surface area contributed by atoms with Crippen molar-refractivity contribution < 1.29 is 0 Å². The highest BCUT2D eigenvalue weighted by molar-refractivity contribution is 6.12. The van der Waals surface area contributed by atoms with E-state index in [4.69, 9.17) is 0 Å². The largest absolute Gasteiger partial charge is 0.354 e. The van der Waals surface area contributed by atoms with Crippen molar-refractivity contribution in [3.05, 3.63) is 83.1 Å². The summed E-state index contributed by atoms with van der Waals surface area (Å²) in [5, 5.41) is 3.96. The van der Waals surface area contributed by atoms with Crippen molar-refractivity contribution >= 4 is 33.8 Å². The van der Waals surface area contributed by atoms with Crippen LogP contribution in [-0.2, 0) is 0 Å². The van der Waals surface area contributed by atoms with Crippen molar-refractivity contribution in [3.8, 4) is 0 Å². The molecule has 110 valence electrons. The fraction of sp³-hybridized carbons (Fsp3) is 0.0909. The maximum absolute atomic E-state index is 3.62. The van der Waals surface area contributed by atoms with Crippen molar-refractivity contribution in [3.63, 3.8) is 0 Å². The first-order valence-electron chi connectivity index (χ1n) is 8.16. The minimum atomic E-state index is 1.00. The number of hydrogen-bond acceptors (Lipinski definition) is 0. The lowest BCUT2D eigenvalue weighted by molar-refractivity contribution is 1.20. The standard InChI is InChI=1S/C22H17N/c1-2-6-15-12-16(7-3-1)14-21-19(13-15)22-18-9-5-4-8-17(18)10-11-20(22)23-21/h2-11,13-14,23H,1,12H2/b6-2-,7-3-. The van der Waals surface area contributed by atoms with Gasteiger partial charge in [0.05, 0.1) is 0 Å². The number of benzene rings is 2. The molecule has 0 spiro atoms. The van der Waals surface area contributed by atoms with Crippen LogP contribution in [-0.4, -0.2) is 4.98 Å². The quantitative estimate of drug-likeness (QED) is 0.523. The summed E-state index contributed by atoms with van der Waals surface area (Å²) >= 11 is 0. The van der Waals surface area contributed by atoms with Crippen LogP contribution in [0, 0.1) is 0 Å². The Morgan fingerprint density at radius 3 is 2.57 bits per heavy atom. The van der Waals surface area contributed by atoms with Crippen molar-refractivity contribution in [2.45, 2.75) is 12.8 Å². The van der Waals surface area contributed by atoms with E-state index in [9.17, 15) is 0 Å². The smallest absolute Gasteiger partial charge is 0.0471 e. The Balaban J connectivity index is 1.91. The molecule has 23 heavy (non-hydrogen) atoms. The Bertz CT molecular complexity index is 1050. The van der Waals surface area contributed by atoms with E-state index in [1.54, 1.807) is 0 Å². The molecule has 1 aromatic heterocycles. The average Bonchev–Trinajstić information content (AvgIpc) is 2.78. The van der Waals surface area contributed by atoms with E-state index in [0.717, 1.165) is 12.8 Å². The summed E-state index contributed by atoms with van der Waals surface area (Å²) in [5.41, 5.74) is 6.51. The van der Waals surface area contributed by atoms with Gasteiger partial charge in [-0.05, 0) is 53.0 Å². The molecule has 0 unspecified atom stereocenters. The zero-order valence-electron chi connectivity index (χ0n) is 12.8. The molecule has 2 aromatic carbocycles. The lowest BCUT2D eigenvalue weighted by Gasteiger charge is -2.05. The van der Waals surface area contributed by atoms with Crippen LogP contribution in [0.4, 0.5) is 0 Å². The van der Waals surface area contributed by atoms with Crippen LogP contribution in [0.5, 0.6) is 0 Å². The number of nitrogens with one attached hydrogen (secondary N) is 1. The monoisotopic (exact) mass is 295 g/mol. The van der Waals surface area contributed by atoms with Crippen LogP contribution in [0.15, 0.2) is 71.8 Å². The van der Waals surface area contributed by atoms with Gasteiger partial charge in [-0.3, -0.25) is 0 Å². The highest BCUT2D eigenvalue weighted by Gasteiger charge is 2.15. The SMILES string of the molecule is C1=C2/C=C\C/C=C\C(=Cc3c1[nH]c1ccc4ccccc4c31)C2. The van der Waals surface area contributed by atoms with Crippen LogP contribution >= 0.6 is 0 Å². The summed E-state index contributed by atoms with van der Waals surface area (Å²) in [5.74, 6) is 0. The molecule has 2 bridgehead atoms. The zero-order chi connectivity index (χ0) is 15.2. The van der Waals surface area contributed by atoms with Crippen LogP contribution in [0.25, 0.3) is 33.8 Å². The molecule has 5 rings (SSSR count). The predicted octanol–water partition coefficient (Wildman–Crippen LogP) is 6.01. The molecule has 0 amide bonds. The maximum atomic E-state index is 3.62. The van der Waals surface area contributed by atoms with Crippen molar-refractivity contribution in [2.24, 2.45) is 0 Å². The first-order chi connectivity index (χ1) is 11.4. The number of hydrogen-bond donors (Lipinski definition) is 1. The first-order valence-corrected chi connectivity index (χ1v) is 8.16. The molecule has 1 nitrogen and oxygen atoms in total. The number of aromatic nitrogens is 1. The number of aromatic amines is 1. The fourth-order valence-electron chi connectivity index (χ4n) is 3.72. The van der Waals surface area contributed by atoms with E-state index in [2.05, 4.69) is 77.8 Å². The predicted molar refractivity (Wildman–Crippen MR) is 99.3 cm³/mol. The van der Waals surface area contributed by atoms with E-state index < -0.39 is 0 Å². The molecule has 0 atom stereocenters. The summed E-state index contributed by atoms with van der Waals surface area (Å²) in [6, 6.07) is 13.0. The van der Waals surface area contributed by atoms with Crippen LogP contribution in [0.3, 0.4) is 0 Å². The number of allylic oxidation sites excluding steroid dienone is 6. The van der Waals surface area contributed by atoms with Gasteiger partial charge in [0.1, 0.15) is 0 Å². The molecule has 1 heterocycles. The summed E-state index contributed by atoms with van der Waals surface area (Å²) in [7, 11) is 0. The molecule has 0 saturated carbocycles. The van der Waals surface area contributed by atoms with Crippen LogP contribution < -0.4 is 0 Å². The second-order valence-corrected chi connectivity index (χ2v) is 6.32. The zero-order valence-corrected chi connectivity index (χ0v) is 12.8. The van der Waals surface area contributed by atoms with Crippen molar-refractivity contribution in [2.75, 3.05) is 0 Å². The van der Waals surface area contributed by atoms with E-state index in [1.807, 2.05) is 0 Å². The third kappa shape index (κ3) is 2.01. The molecular weight excluding hydrogens is 278 g/mol. The van der Waals surface area contributed by atoms with Gasteiger partial charge in [-0.15, -0.1) is 0 Å². The van der Waals surface area contributed by atoms with E-state index in [-0.39, 0.29) is 0 Å². The normalized spacial score (nSPS) is 19.3. The third-order valence-electron chi connectivity index (χ3n) is 4.76. The average molecular weight is 295 g/mol. The van der Waals surface area contributed by atoms with Crippen molar-refractivity contribution in [1.29, 1.82) is 0 Å². The summed E-state index contributed by atoms with van der Waals surface area (Å²) in [6.45, 7) is 0. The second kappa shape index (κ2) is 4.85. The highest BCUT2D eigenvalue weighted by Crippen LogP contribution is 2.36. The summed E-state index contributed by atoms with van der Waals surface area (Å²) in [4.78, 5) is 3.62. The minimum Gasteiger partial charge on any atom is -0.354 e. The molecule has 0 radical (unpaired) electrons. The summed E-state index contributed by atoms with van der Waals surface area (Å²) in [6.07, 6.45) is 15.7. The Morgan fingerprint density at radius 1 is 0.826 bits per heavy atom. The highest BCUT2D eigenvalue weighted by atomic mass is 14.7. The Labute approximate surface area is 135 Å². The number of fused-ring (bicyclic) bond motifs is 7. The molecule has 3 aromatic rings. The van der Waals surface area contributed by atoms with Gasteiger partial charge in [0.2, 0.25) is 0 Å². The minimum absolute atomic E-state index is 1.00. The van der Waals surface area contributed by atoms with Gasteiger partial charge in [-0.2, -0.15) is 0 Å². The Morgan fingerprint density at radius 2 is 1.65 bits per heavy atom.